The summed E-state index contributed by atoms with van der Waals surface area (Å²) in [5.41, 5.74) is 7.13. The van der Waals surface area contributed by atoms with Crippen LogP contribution in [0.5, 0.6) is 0 Å². The number of nitrogens with zero attached hydrogens (tertiary/aromatic N) is 1. The second-order valence-electron chi connectivity index (χ2n) is 4.28. The third-order valence-electron chi connectivity index (χ3n) is 2.81. The van der Waals surface area contributed by atoms with Gasteiger partial charge in [0.25, 0.3) is 0 Å². The minimum Gasteiger partial charge on any atom is -0.396 e. The maximum absolute atomic E-state index is 8.72. The SMILES string of the molecule is CN(CCCCCO)c1ccc(Cl)cc1C(=N)N. The molecular weight excluding hydrogens is 250 g/mol. The number of aliphatic hydroxyl groups is 1. The van der Waals surface area contributed by atoms with Crippen molar-refractivity contribution in [3.63, 3.8) is 0 Å². The average Bonchev–Trinajstić information content (AvgIpc) is 2.34. The van der Waals surface area contributed by atoms with Gasteiger partial charge < -0.3 is 15.7 Å². The zero-order chi connectivity index (χ0) is 13.5. The number of nitrogens with one attached hydrogen (secondary N) is 1. The minimum absolute atomic E-state index is 0.0229. The number of nitrogens with two attached hydrogens (primary N) is 1. The lowest BCUT2D eigenvalue weighted by Gasteiger charge is -2.22. The summed E-state index contributed by atoms with van der Waals surface area (Å²) in [6.07, 6.45) is 2.81. The molecule has 0 amide bonds. The van der Waals surface area contributed by atoms with Gasteiger partial charge in [-0.15, -0.1) is 0 Å². The van der Waals surface area contributed by atoms with Crippen LogP contribution >= 0.6 is 11.6 Å². The van der Waals surface area contributed by atoms with Crippen LogP contribution in [-0.4, -0.2) is 31.1 Å². The van der Waals surface area contributed by atoms with Crippen LogP contribution in [0.2, 0.25) is 5.02 Å². The fourth-order valence-corrected chi connectivity index (χ4v) is 1.99. The van der Waals surface area contributed by atoms with E-state index in [-0.39, 0.29) is 12.4 Å². The van der Waals surface area contributed by atoms with Crippen LogP contribution in [0.4, 0.5) is 5.69 Å². The highest BCUT2D eigenvalue weighted by atomic mass is 35.5. The van der Waals surface area contributed by atoms with Crippen LogP contribution in [0.1, 0.15) is 24.8 Å². The summed E-state index contributed by atoms with van der Waals surface area (Å²) in [4.78, 5) is 2.06. The molecule has 0 radical (unpaired) electrons. The van der Waals surface area contributed by atoms with Crippen LogP contribution in [0, 0.1) is 5.41 Å². The van der Waals surface area contributed by atoms with Gasteiger partial charge in [-0.05, 0) is 37.5 Å². The quantitative estimate of drug-likeness (QED) is 0.404. The van der Waals surface area contributed by atoms with Gasteiger partial charge in [-0.25, -0.2) is 0 Å². The van der Waals surface area contributed by atoms with Crippen LogP contribution in [0.15, 0.2) is 18.2 Å². The summed E-state index contributed by atoms with van der Waals surface area (Å²) in [5.74, 6) is 0.0229. The molecule has 0 aliphatic rings. The van der Waals surface area contributed by atoms with E-state index in [1.54, 1.807) is 12.1 Å². The third kappa shape index (κ3) is 4.20. The maximum Gasteiger partial charge on any atom is 0.124 e. The highest BCUT2D eigenvalue weighted by Gasteiger charge is 2.10. The van der Waals surface area contributed by atoms with Crippen LogP contribution in [0.3, 0.4) is 0 Å². The molecule has 100 valence electrons. The number of nitrogen functional groups attached to an aromatic ring is 1. The lowest BCUT2D eigenvalue weighted by atomic mass is 10.1. The summed E-state index contributed by atoms with van der Waals surface area (Å²) in [7, 11) is 1.97. The van der Waals surface area contributed by atoms with E-state index in [0.717, 1.165) is 31.5 Å². The number of hydrogen-bond acceptors (Lipinski definition) is 3. The first-order valence-corrected chi connectivity index (χ1v) is 6.40. The molecular formula is C13H20ClN3O. The number of amidine groups is 1. The van der Waals surface area contributed by atoms with Gasteiger partial charge in [-0.3, -0.25) is 5.41 Å². The zero-order valence-electron chi connectivity index (χ0n) is 10.6. The molecule has 0 aromatic heterocycles. The van der Waals surface area contributed by atoms with Crippen molar-refractivity contribution in [2.45, 2.75) is 19.3 Å². The van der Waals surface area contributed by atoms with Gasteiger partial charge >= 0.3 is 0 Å². The van der Waals surface area contributed by atoms with E-state index >= 15 is 0 Å². The highest BCUT2D eigenvalue weighted by molar-refractivity contribution is 6.31. The van der Waals surface area contributed by atoms with E-state index in [4.69, 9.17) is 27.9 Å². The van der Waals surface area contributed by atoms with Gasteiger partial charge in [0, 0.05) is 36.5 Å². The van der Waals surface area contributed by atoms with E-state index in [9.17, 15) is 0 Å². The second-order valence-corrected chi connectivity index (χ2v) is 4.72. The molecule has 0 unspecified atom stereocenters. The summed E-state index contributed by atoms with van der Waals surface area (Å²) >= 11 is 5.91. The summed E-state index contributed by atoms with van der Waals surface area (Å²) in [6, 6.07) is 5.39. The Labute approximate surface area is 113 Å². The van der Waals surface area contributed by atoms with Crippen molar-refractivity contribution in [3.05, 3.63) is 28.8 Å². The Balaban J connectivity index is 2.72. The Morgan fingerprint density at radius 2 is 2.11 bits per heavy atom. The van der Waals surface area contributed by atoms with Gasteiger partial charge in [0.1, 0.15) is 5.84 Å². The Morgan fingerprint density at radius 1 is 1.39 bits per heavy atom. The first-order chi connectivity index (χ1) is 8.56. The van der Waals surface area contributed by atoms with Crippen molar-refractivity contribution in [3.8, 4) is 0 Å². The molecule has 1 rings (SSSR count). The molecule has 5 heteroatoms. The molecule has 0 fully saturated rings. The van der Waals surface area contributed by atoms with Crippen molar-refractivity contribution in [1.82, 2.24) is 0 Å². The number of anilines is 1. The second kappa shape index (κ2) is 7.24. The monoisotopic (exact) mass is 269 g/mol. The molecule has 0 bridgehead atoms. The molecule has 0 saturated carbocycles. The van der Waals surface area contributed by atoms with Crippen LogP contribution in [0.25, 0.3) is 0 Å². The number of unbranched alkanes of at least 4 members (excludes halogenated alkanes) is 2. The summed E-state index contributed by atoms with van der Waals surface area (Å²) in [6.45, 7) is 1.10. The van der Waals surface area contributed by atoms with E-state index in [2.05, 4.69) is 4.90 Å². The molecule has 0 heterocycles. The molecule has 0 saturated heterocycles. The molecule has 4 N–H and O–H groups in total. The number of halogens is 1. The van der Waals surface area contributed by atoms with Crippen molar-refractivity contribution in [2.24, 2.45) is 5.73 Å². The van der Waals surface area contributed by atoms with Crippen molar-refractivity contribution in [2.75, 3.05) is 25.1 Å². The topological polar surface area (TPSA) is 73.3 Å². The molecule has 0 spiro atoms. The largest absolute Gasteiger partial charge is 0.396 e. The molecule has 0 aliphatic heterocycles. The molecule has 0 atom stereocenters. The van der Waals surface area contributed by atoms with Crippen molar-refractivity contribution >= 4 is 23.1 Å². The Morgan fingerprint density at radius 3 is 2.72 bits per heavy atom. The molecule has 18 heavy (non-hydrogen) atoms. The van der Waals surface area contributed by atoms with E-state index in [1.807, 2.05) is 13.1 Å². The van der Waals surface area contributed by atoms with E-state index < -0.39 is 0 Å². The Hall–Kier alpha value is -1.26. The zero-order valence-corrected chi connectivity index (χ0v) is 11.4. The first kappa shape index (κ1) is 14.8. The van der Waals surface area contributed by atoms with Crippen LogP contribution < -0.4 is 10.6 Å². The summed E-state index contributed by atoms with van der Waals surface area (Å²) < 4.78 is 0. The number of benzene rings is 1. The molecule has 1 aromatic rings. The lowest BCUT2D eigenvalue weighted by Crippen LogP contribution is -2.23. The highest BCUT2D eigenvalue weighted by Crippen LogP contribution is 2.23. The average molecular weight is 270 g/mol. The summed E-state index contributed by atoms with van der Waals surface area (Å²) in [5, 5.41) is 16.9. The fraction of sp³-hybridized carbons (Fsp3) is 0.462. The van der Waals surface area contributed by atoms with E-state index in [1.165, 1.54) is 0 Å². The predicted octanol–water partition coefficient (Wildman–Crippen LogP) is 2.22. The first-order valence-electron chi connectivity index (χ1n) is 6.02. The molecule has 1 aromatic carbocycles. The van der Waals surface area contributed by atoms with Gasteiger partial charge in [-0.2, -0.15) is 0 Å². The van der Waals surface area contributed by atoms with Gasteiger partial charge in [-0.1, -0.05) is 11.6 Å². The fourth-order valence-electron chi connectivity index (χ4n) is 1.81. The predicted molar refractivity (Wildman–Crippen MR) is 76.7 cm³/mol. The van der Waals surface area contributed by atoms with Gasteiger partial charge in [0.2, 0.25) is 0 Å². The lowest BCUT2D eigenvalue weighted by molar-refractivity contribution is 0.283. The maximum atomic E-state index is 8.72. The van der Waals surface area contributed by atoms with E-state index in [0.29, 0.717) is 10.6 Å². The third-order valence-corrected chi connectivity index (χ3v) is 3.05. The Bertz CT molecular complexity index is 409. The van der Waals surface area contributed by atoms with Gasteiger partial charge in [0.15, 0.2) is 0 Å². The number of rotatable bonds is 7. The van der Waals surface area contributed by atoms with Gasteiger partial charge in [0.05, 0.1) is 0 Å². The van der Waals surface area contributed by atoms with Crippen molar-refractivity contribution < 1.29 is 5.11 Å². The minimum atomic E-state index is 0.0229. The molecule has 0 aliphatic carbocycles. The normalized spacial score (nSPS) is 10.4. The Kier molecular flexibility index (Phi) is 5.95. The molecule has 4 nitrogen and oxygen atoms in total. The van der Waals surface area contributed by atoms with Crippen LogP contribution in [-0.2, 0) is 0 Å². The smallest absolute Gasteiger partial charge is 0.124 e. The number of hydrogen-bond donors (Lipinski definition) is 3. The number of aliphatic hydroxyl groups excluding tert-OH is 1. The van der Waals surface area contributed by atoms with Crippen molar-refractivity contribution in [1.29, 1.82) is 5.41 Å². The standard InChI is InChI=1S/C13H20ClN3O/c1-17(7-3-2-4-8-18)12-6-5-10(14)9-11(12)13(15)16/h5-6,9,18H,2-4,7-8H2,1H3,(H3,15,16).